The number of fused-ring (bicyclic) bond motifs is 1. The number of rotatable bonds is 4. The average molecular weight is 446 g/mol. The van der Waals surface area contributed by atoms with Crippen LogP contribution in [0.15, 0.2) is 77.8 Å². The van der Waals surface area contributed by atoms with E-state index in [1.54, 1.807) is 54.6 Å². The fourth-order valence-electron chi connectivity index (χ4n) is 3.36. The van der Waals surface area contributed by atoms with Crippen LogP contribution in [0.5, 0.6) is 0 Å². The van der Waals surface area contributed by atoms with Crippen molar-refractivity contribution in [3.05, 3.63) is 95.3 Å². The highest BCUT2D eigenvalue weighted by molar-refractivity contribution is 6.20. The third kappa shape index (κ3) is 4.72. The number of ether oxygens (including phenoxy) is 1. The van der Waals surface area contributed by atoms with Crippen molar-refractivity contribution in [2.75, 3.05) is 17.7 Å². The van der Waals surface area contributed by atoms with Crippen molar-refractivity contribution < 1.29 is 23.5 Å². The lowest BCUT2D eigenvalue weighted by atomic mass is 10.0. The summed E-state index contributed by atoms with van der Waals surface area (Å²) in [5, 5.41) is 7.75. The molecule has 33 heavy (non-hydrogen) atoms. The van der Waals surface area contributed by atoms with Gasteiger partial charge in [-0.05, 0) is 36.4 Å². The van der Waals surface area contributed by atoms with Gasteiger partial charge in [0.1, 0.15) is 5.82 Å². The largest absolute Gasteiger partial charge is 0.465 e. The summed E-state index contributed by atoms with van der Waals surface area (Å²) in [7, 11) is 1.25. The quantitative estimate of drug-likeness (QED) is 0.533. The standard InChI is InChI=1S/C24H19FN4O4/c1-33-23(31)14-7-6-8-15(13-14)26-24(32)29-21-22(30)27-19-12-5-3-10-17(19)20(28-21)16-9-2-4-11-18(16)25/h2-13,21H,1H3,(H,27,30)(H2,26,29,32). The third-order valence-electron chi connectivity index (χ3n) is 4.88. The number of halogens is 1. The minimum atomic E-state index is -1.34. The lowest BCUT2D eigenvalue weighted by Gasteiger charge is -2.14. The van der Waals surface area contributed by atoms with Crippen molar-refractivity contribution in [1.82, 2.24) is 5.32 Å². The number of hydrogen-bond acceptors (Lipinski definition) is 5. The monoisotopic (exact) mass is 446 g/mol. The Morgan fingerprint density at radius 3 is 2.48 bits per heavy atom. The van der Waals surface area contributed by atoms with E-state index < -0.39 is 29.9 Å². The molecular weight excluding hydrogens is 427 g/mol. The fraction of sp³-hybridized carbons (Fsp3) is 0.0833. The normalized spacial score (nSPS) is 14.8. The van der Waals surface area contributed by atoms with Gasteiger partial charge < -0.3 is 20.7 Å². The lowest BCUT2D eigenvalue weighted by molar-refractivity contribution is -0.117. The minimum absolute atomic E-state index is 0.194. The summed E-state index contributed by atoms with van der Waals surface area (Å²) in [4.78, 5) is 41.5. The summed E-state index contributed by atoms with van der Waals surface area (Å²) in [6.45, 7) is 0. The third-order valence-corrected chi connectivity index (χ3v) is 4.88. The van der Waals surface area contributed by atoms with Gasteiger partial charge in [-0.15, -0.1) is 0 Å². The van der Waals surface area contributed by atoms with Gasteiger partial charge >= 0.3 is 12.0 Å². The van der Waals surface area contributed by atoms with Crippen LogP contribution in [0.4, 0.5) is 20.6 Å². The number of nitrogens with one attached hydrogen (secondary N) is 3. The zero-order valence-corrected chi connectivity index (χ0v) is 17.5. The van der Waals surface area contributed by atoms with Crippen LogP contribution in [0.2, 0.25) is 0 Å². The number of benzene rings is 3. The zero-order chi connectivity index (χ0) is 23.4. The summed E-state index contributed by atoms with van der Waals surface area (Å²) >= 11 is 0. The Hall–Kier alpha value is -4.53. The molecule has 0 aromatic heterocycles. The molecule has 3 amide bonds. The molecule has 3 aromatic rings. The molecule has 166 valence electrons. The number of benzodiazepines with no additional fused rings is 1. The van der Waals surface area contributed by atoms with Crippen LogP contribution in [-0.2, 0) is 9.53 Å². The lowest BCUT2D eigenvalue weighted by Crippen LogP contribution is -2.44. The van der Waals surface area contributed by atoms with Gasteiger partial charge in [-0.1, -0.05) is 36.4 Å². The molecule has 1 atom stereocenters. The molecule has 0 saturated carbocycles. The topological polar surface area (TPSA) is 109 Å². The van der Waals surface area contributed by atoms with E-state index in [0.717, 1.165) is 0 Å². The Labute approximate surface area is 188 Å². The molecule has 0 spiro atoms. The molecule has 0 bridgehead atoms. The number of amides is 3. The SMILES string of the molecule is COC(=O)c1cccc(NC(=O)NC2N=C(c3ccccc3F)c3ccccc3NC2=O)c1. The van der Waals surface area contributed by atoms with Crippen molar-refractivity contribution in [2.45, 2.75) is 6.17 Å². The molecule has 0 saturated heterocycles. The maximum atomic E-state index is 14.6. The number of urea groups is 1. The Balaban J connectivity index is 1.63. The first-order valence-corrected chi connectivity index (χ1v) is 9.95. The van der Waals surface area contributed by atoms with Crippen molar-refractivity contribution in [3.8, 4) is 0 Å². The van der Waals surface area contributed by atoms with E-state index in [0.29, 0.717) is 16.9 Å². The maximum absolute atomic E-state index is 14.6. The van der Waals surface area contributed by atoms with Gasteiger partial charge in [0.15, 0.2) is 0 Å². The number of nitrogens with zero attached hydrogens (tertiary/aromatic N) is 1. The second-order valence-corrected chi connectivity index (χ2v) is 7.07. The predicted octanol–water partition coefficient (Wildman–Crippen LogP) is 3.55. The van der Waals surface area contributed by atoms with E-state index in [-0.39, 0.29) is 16.8 Å². The molecule has 4 rings (SSSR count). The van der Waals surface area contributed by atoms with Gasteiger partial charge in [0.2, 0.25) is 6.17 Å². The second-order valence-electron chi connectivity index (χ2n) is 7.07. The van der Waals surface area contributed by atoms with Crippen molar-refractivity contribution in [3.63, 3.8) is 0 Å². The summed E-state index contributed by atoms with van der Waals surface area (Å²) < 4.78 is 19.3. The van der Waals surface area contributed by atoms with Crippen LogP contribution in [0.1, 0.15) is 21.5 Å². The molecule has 0 radical (unpaired) electrons. The van der Waals surface area contributed by atoms with E-state index in [2.05, 4.69) is 25.7 Å². The van der Waals surface area contributed by atoms with E-state index in [1.165, 1.54) is 25.3 Å². The molecule has 1 unspecified atom stereocenters. The average Bonchev–Trinajstić information content (AvgIpc) is 2.95. The van der Waals surface area contributed by atoms with Crippen LogP contribution < -0.4 is 16.0 Å². The number of para-hydroxylation sites is 1. The van der Waals surface area contributed by atoms with Crippen LogP contribution in [0.3, 0.4) is 0 Å². The highest BCUT2D eigenvalue weighted by atomic mass is 19.1. The number of esters is 1. The van der Waals surface area contributed by atoms with Crippen LogP contribution in [0, 0.1) is 5.82 Å². The highest BCUT2D eigenvalue weighted by Gasteiger charge is 2.28. The minimum Gasteiger partial charge on any atom is -0.465 e. The van der Waals surface area contributed by atoms with Gasteiger partial charge in [-0.25, -0.2) is 19.0 Å². The predicted molar refractivity (Wildman–Crippen MR) is 121 cm³/mol. The summed E-state index contributed by atoms with van der Waals surface area (Å²) in [6.07, 6.45) is -1.34. The Bertz CT molecular complexity index is 1270. The Morgan fingerprint density at radius 1 is 1.00 bits per heavy atom. The van der Waals surface area contributed by atoms with Crippen LogP contribution in [-0.4, -0.2) is 36.9 Å². The molecule has 1 heterocycles. The van der Waals surface area contributed by atoms with E-state index in [9.17, 15) is 18.8 Å². The number of hydrogen-bond donors (Lipinski definition) is 3. The number of methoxy groups -OCH3 is 1. The molecule has 1 aliphatic heterocycles. The maximum Gasteiger partial charge on any atom is 0.337 e. The first kappa shape index (κ1) is 21.7. The molecule has 3 N–H and O–H groups in total. The van der Waals surface area contributed by atoms with Gasteiger partial charge in [-0.2, -0.15) is 0 Å². The summed E-state index contributed by atoms with van der Waals surface area (Å²) in [5.74, 6) is -1.66. The van der Waals surface area contributed by atoms with Gasteiger partial charge in [-0.3, -0.25) is 4.79 Å². The Kier molecular flexibility index (Phi) is 6.12. The Morgan fingerprint density at radius 2 is 1.73 bits per heavy atom. The molecule has 3 aromatic carbocycles. The van der Waals surface area contributed by atoms with E-state index >= 15 is 0 Å². The van der Waals surface area contributed by atoms with Crippen LogP contribution in [0.25, 0.3) is 0 Å². The molecule has 8 nitrogen and oxygen atoms in total. The van der Waals surface area contributed by atoms with Crippen LogP contribution >= 0.6 is 0 Å². The first-order valence-electron chi connectivity index (χ1n) is 9.95. The second kappa shape index (κ2) is 9.31. The fourth-order valence-corrected chi connectivity index (χ4v) is 3.36. The highest BCUT2D eigenvalue weighted by Crippen LogP contribution is 2.25. The van der Waals surface area contributed by atoms with Gasteiger partial charge in [0.05, 0.1) is 24.1 Å². The molecular formula is C24H19FN4O4. The smallest absolute Gasteiger partial charge is 0.337 e. The van der Waals surface area contributed by atoms with E-state index in [4.69, 9.17) is 0 Å². The van der Waals surface area contributed by atoms with Crippen molar-refractivity contribution in [2.24, 2.45) is 4.99 Å². The van der Waals surface area contributed by atoms with Crippen molar-refractivity contribution >= 4 is 35.0 Å². The molecule has 0 fully saturated rings. The molecule has 0 aliphatic carbocycles. The van der Waals surface area contributed by atoms with Gasteiger partial charge in [0, 0.05) is 16.8 Å². The zero-order valence-electron chi connectivity index (χ0n) is 17.5. The number of carbonyl (C=O) groups is 3. The van der Waals surface area contributed by atoms with Gasteiger partial charge in [0.25, 0.3) is 5.91 Å². The molecule has 1 aliphatic rings. The first-order chi connectivity index (χ1) is 16.0. The number of carbonyl (C=O) groups excluding carboxylic acids is 3. The summed E-state index contributed by atoms with van der Waals surface area (Å²) in [5.41, 5.74) is 1.94. The summed E-state index contributed by atoms with van der Waals surface area (Å²) in [6, 6.07) is 18.3. The number of aliphatic imine (C=N–C) groups is 1. The number of anilines is 2. The van der Waals surface area contributed by atoms with E-state index in [1.807, 2.05) is 0 Å². The van der Waals surface area contributed by atoms with Crippen molar-refractivity contribution in [1.29, 1.82) is 0 Å². The molecule has 9 heteroatoms.